The molecule has 6 heteroatoms. The van der Waals surface area contributed by atoms with E-state index in [1.807, 2.05) is 17.0 Å². The molecule has 27 heavy (non-hydrogen) atoms. The van der Waals surface area contributed by atoms with Gasteiger partial charge in [0.15, 0.2) is 5.76 Å². The van der Waals surface area contributed by atoms with E-state index in [1.165, 1.54) is 5.56 Å². The third kappa shape index (κ3) is 3.87. The summed E-state index contributed by atoms with van der Waals surface area (Å²) in [4.78, 5) is 17.4. The summed E-state index contributed by atoms with van der Waals surface area (Å²) < 4.78 is 10.7. The lowest BCUT2D eigenvalue weighted by atomic mass is 9.95. The molecule has 5 rings (SSSR count). The zero-order valence-corrected chi connectivity index (χ0v) is 15.6. The number of carbonyl (C=O) groups excluding carboxylic acids is 1. The van der Waals surface area contributed by atoms with E-state index >= 15 is 0 Å². The van der Waals surface area contributed by atoms with E-state index in [4.69, 9.17) is 14.3 Å². The molecule has 0 unspecified atom stereocenters. The smallest absolute Gasteiger partial charge is 0.289 e. The normalized spacial score (nSPS) is 22.7. The van der Waals surface area contributed by atoms with Gasteiger partial charge < -0.3 is 19.2 Å². The van der Waals surface area contributed by atoms with E-state index in [-0.39, 0.29) is 18.6 Å². The Morgan fingerprint density at radius 2 is 1.96 bits per heavy atom. The van der Waals surface area contributed by atoms with Crippen LogP contribution in [0.3, 0.4) is 0 Å². The summed E-state index contributed by atoms with van der Waals surface area (Å²) in [7, 11) is 1.68. The van der Waals surface area contributed by atoms with Gasteiger partial charge in [0, 0.05) is 32.2 Å². The molecule has 0 radical (unpaired) electrons. The molecule has 2 bridgehead atoms. The topological polar surface area (TPSA) is 66.2 Å². The molecule has 0 spiro atoms. The number of piperidine rings is 1. The van der Waals surface area contributed by atoms with Gasteiger partial charge in [-0.3, -0.25) is 9.69 Å². The molecule has 3 saturated heterocycles. The van der Waals surface area contributed by atoms with Crippen molar-refractivity contribution in [3.63, 3.8) is 0 Å². The second-order valence-corrected chi connectivity index (χ2v) is 7.52. The van der Waals surface area contributed by atoms with Gasteiger partial charge in [0.1, 0.15) is 18.1 Å². The first-order valence-corrected chi connectivity index (χ1v) is 9.52. The first kappa shape index (κ1) is 18.1. The molecule has 1 aromatic heterocycles. The standard InChI is InChI=1S/C21H26N2O4/c1-26-18-6-3-15(4-7-18)10-22-11-16-2-5-17(13-22)23(12-16)21(25)20-9-8-19(14-24)27-20/h3-4,6-9,16-17,24H,2,5,10-14H2,1H3/t16-,17+/m1/s1. The van der Waals surface area contributed by atoms with Gasteiger partial charge in [-0.15, -0.1) is 0 Å². The Hall–Kier alpha value is -2.31. The number of hydrogen-bond donors (Lipinski definition) is 1. The minimum Gasteiger partial charge on any atom is -0.497 e. The van der Waals surface area contributed by atoms with Gasteiger partial charge in [0.05, 0.1) is 7.11 Å². The van der Waals surface area contributed by atoms with Crippen LogP contribution in [0.15, 0.2) is 40.8 Å². The summed E-state index contributed by atoms with van der Waals surface area (Å²) >= 11 is 0. The fourth-order valence-electron chi connectivity index (χ4n) is 4.27. The van der Waals surface area contributed by atoms with Crippen LogP contribution in [0.2, 0.25) is 0 Å². The molecule has 1 aromatic carbocycles. The summed E-state index contributed by atoms with van der Waals surface area (Å²) in [5.74, 6) is 2.05. The third-order valence-electron chi connectivity index (χ3n) is 5.64. The van der Waals surface area contributed by atoms with Gasteiger partial charge in [0.2, 0.25) is 0 Å². The average molecular weight is 370 g/mol. The Balaban J connectivity index is 1.45. The van der Waals surface area contributed by atoms with Gasteiger partial charge >= 0.3 is 0 Å². The molecule has 0 saturated carbocycles. The third-order valence-corrected chi connectivity index (χ3v) is 5.64. The SMILES string of the molecule is COc1ccc(CN2C[C@H]3CC[C@@H](C2)N(C(=O)c2ccc(CO)o2)C3)cc1. The Morgan fingerprint density at radius 1 is 1.15 bits per heavy atom. The van der Waals surface area contributed by atoms with Gasteiger partial charge in [-0.05, 0) is 48.6 Å². The van der Waals surface area contributed by atoms with E-state index in [0.29, 0.717) is 17.4 Å². The van der Waals surface area contributed by atoms with E-state index in [1.54, 1.807) is 19.2 Å². The Labute approximate surface area is 159 Å². The van der Waals surface area contributed by atoms with Crippen LogP contribution < -0.4 is 4.74 Å². The summed E-state index contributed by atoms with van der Waals surface area (Å²) in [5.41, 5.74) is 1.26. The molecule has 3 fully saturated rings. The van der Waals surface area contributed by atoms with Crippen molar-refractivity contribution in [1.29, 1.82) is 0 Å². The molecule has 144 valence electrons. The lowest BCUT2D eigenvalue weighted by molar-refractivity contribution is 0.0548. The molecular weight excluding hydrogens is 344 g/mol. The summed E-state index contributed by atoms with van der Waals surface area (Å²) in [5, 5.41) is 9.17. The highest BCUT2D eigenvalue weighted by Gasteiger charge is 2.38. The van der Waals surface area contributed by atoms with Gasteiger partial charge in [0.25, 0.3) is 5.91 Å². The number of aliphatic hydroxyl groups is 1. The molecular formula is C21H26N2O4. The van der Waals surface area contributed by atoms with Gasteiger partial charge in [-0.2, -0.15) is 0 Å². The highest BCUT2D eigenvalue weighted by atomic mass is 16.5. The van der Waals surface area contributed by atoms with E-state index in [9.17, 15) is 4.79 Å². The van der Waals surface area contributed by atoms with Crippen molar-refractivity contribution >= 4 is 5.91 Å². The predicted molar refractivity (Wildman–Crippen MR) is 100 cm³/mol. The maximum absolute atomic E-state index is 12.9. The highest BCUT2D eigenvalue weighted by Crippen LogP contribution is 2.30. The molecule has 3 aliphatic heterocycles. The number of hydrogen-bond acceptors (Lipinski definition) is 5. The van der Waals surface area contributed by atoms with Crippen molar-refractivity contribution in [2.45, 2.75) is 32.0 Å². The molecule has 3 aliphatic rings. The van der Waals surface area contributed by atoms with Gasteiger partial charge in [-0.25, -0.2) is 0 Å². The number of amides is 1. The van der Waals surface area contributed by atoms with Crippen LogP contribution in [-0.2, 0) is 13.2 Å². The van der Waals surface area contributed by atoms with Crippen molar-refractivity contribution in [3.05, 3.63) is 53.5 Å². The maximum Gasteiger partial charge on any atom is 0.289 e. The van der Waals surface area contributed by atoms with Crippen LogP contribution in [0.1, 0.15) is 34.7 Å². The summed E-state index contributed by atoms with van der Waals surface area (Å²) in [6, 6.07) is 11.7. The quantitative estimate of drug-likeness (QED) is 0.876. The molecule has 2 atom stereocenters. The minimum atomic E-state index is -0.186. The number of benzene rings is 1. The minimum absolute atomic E-state index is 0.0595. The number of methoxy groups -OCH3 is 1. The van der Waals surface area contributed by atoms with Crippen molar-refractivity contribution in [1.82, 2.24) is 9.80 Å². The van der Waals surface area contributed by atoms with E-state index in [0.717, 1.165) is 44.8 Å². The lowest BCUT2D eigenvalue weighted by Crippen LogP contribution is -2.47. The lowest BCUT2D eigenvalue weighted by Gasteiger charge is -2.35. The average Bonchev–Trinajstić information content (AvgIpc) is 3.02. The summed E-state index contributed by atoms with van der Waals surface area (Å²) in [6.45, 7) is 3.36. The Bertz CT molecular complexity index is 786. The zero-order valence-electron chi connectivity index (χ0n) is 15.6. The van der Waals surface area contributed by atoms with Crippen LogP contribution in [0, 0.1) is 5.92 Å². The number of rotatable bonds is 5. The molecule has 4 heterocycles. The highest BCUT2D eigenvalue weighted by molar-refractivity contribution is 5.92. The predicted octanol–water partition coefficient (Wildman–Crippen LogP) is 2.52. The fraction of sp³-hybridized carbons (Fsp3) is 0.476. The monoisotopic (exact) mass is 370 g/mol. The maximum atomic E-state index is 12.9. The van der Waals surface area contributed by atoms with Crippen LogP contribution in [-0.4, -0.2) is 53.6 Å². The fourth-order valence-corrected chi connectivity index (χ4v) is 4.27. The number of nitrogens with zero attached hydrogens (tertiary/aromatic N) is 2. The first-order valence-electron chi connectivity index (χ1n) is 9.52. The van der Waals surface area contributed by atoms with Crippen molar-refractivity contribution < 1.29 is 19.1 Å². The molecule has 1 N–H and O–H groups in total. The van der Waals surface area contributed by atoms with Crippen LogP contribution in [0.4, 0.5) is 0 Å². The second-order valence-electron chi connectivity index (χ2n) is 7.52. The number of ether oxygens (including phenoxy) is 1. The number of aliphatic hydroxyl groups excluding tert-OH is 1. The van der Waals surface area contributed by atoms with Crippen LogP contribution >= 0.6 is 0 Å². The largest absolute Gasteiger partial charge is 0.497 e. The zero-order chi connectivity index (χ0) is 18.8. The Kier molecular flexibility index (Phi) is 5.18. The van der Waals surface area contributed by atoms with E-state index in [2.05, 4.69) is 17.0 Å². The van der Waals surface area contributed by atoms with Crippen LogP contribution in [0.5, 0.6) is 5.75 Å². The van der Waals surface area contributed by atoms with Crippen molar-refractivity contribution in [2.24, 2.45) is 5.92 Å². The van der Waals surface area contributed by atoms with Crippen LogP contribution in [0.25, 0.3) is 0 Å². The number of carbonyl (C=O) groups is 1. The number of fused-ring (bicyclic) bond motifs is 4. The first-order chi connectivity index (χ1) is 13.2. The van der Waals surface area contributed by atoms with E-state index < -0.39 is 0 Å². The number of furan rings is 1. The van der Waals surface area contributed by atoms with Crippen molar-refractivity contribution in [2.75, 3.05) is 26.7 Å². The Morgan fingerprint density at radius 3 is 2.67 bits per heavy atom. The van der Waals surface area contributed by atoms with Gasteiger partial charge in [-0.1, -0.05) is 12.1 Å². The summed E-state index contributed by atoms with van der Waals surface area (Å²) in [6.07, 6.45) is 2.19. The second kappa shape index (κ2) is 7.74. The van der Waals surface area contributed by atoms with Crippen molar-refractivity contribution in [3.8, 4) is 5.75 Å². The molecule has 6 nitrogen and oxygen atoms in total. The molecule has 2 aromatic rings. The molecule has 1 amide bonds. The molecule has 0 aliphatic carbocycles.